The monoisotopic (exact) mass is 268 g/mol. The third-order valence-corrected chi connectivity index (χ3v) is 3.77. The van der Waals surface area contributed by atoms with Crippen molar-refractivity contribution in [3.8, 4) is 6.07 Å². The first-order valence-electron chi connectivity index (χ1n) is 6.10. The first-order chi connectivity index (χ1) is 9.24. The average molecular weight is 268 g/mol. The minimum Gasteiger partial charge on any atom is -0.366 e. The molecule has 0 aliphatic carbocycles. The summed E-state index contributed by atoms with van der Waals surface area (Å²) in [6.45, 7) is 2.04. The number of nitriles is 1. The van der Waals surface area contributed by atoms with Gasteiger partial charge in [-0.2, -0.15) is 5.26 Å². The lowest BCUT2D eigenvalue weighted by molar-refractivity contribution is 0.990. The molecule has 0 aliphatic heterocycles. The van der Waals surface area contributed by atoms with Crippen LogP contribution in [0.25, 0.3) is 0 Å². The summed E-state index contributed by atoms with van der Waals surface area (Å²) in [6, 6.07) is 18.1. The maximum Gasteiger partial charge on any atom is 0.140 e. The van der Waals surface area contributed by atoms with Crippen LogP contribution in [0.15, 0.2) is 53.4 Å². The molecule has 1 atom stereocenters. The molecule has 2 aromatic carbocycles. The summed E-state index contributed by atoms with van der Waals surface area (Å²) in [5.74, 6) is 0. The largest absolute Gasteiger partial charge is 0.366 e. The molecule has 2 aromatic rings. The van der Waals surface area contributed by atoms with Gasteiger partial charge in [0, 0.05) is 10.6 Å². The molecule has 0 heterocycles. The fraction of sp³-hybridized carbons (Fsp3) is 0.188. The second kappa shape index (κ2) is 6.31. The van der Waals surface area contributed by atoms with Crippen molar-refractivity contribution < 1.29 is 0 Å². The third kappa shape index (κ3) is 3.30. The van der Waals surface area contributed by atoms with Crippen LogP contribution in [0.2, 0.25) is 0 Å². The van der Waals surface area contributed by atoms with Crippen molar-refractivity contribution in [2.24, 2.45) is 0 Å². The first kappa shape index (κ1) is 13.5. The Morgan fingerprint density at radius 2 is 1.79 bits per heavy atom. The van der Waals surface area contributed by atoms with Crippen LogP contribution in [0.3, 0.4) is 0 Å². The smallest absolute Gasteiger partial charge is 0.140 e. The topological polar surface area (TPSA) is 35.8 Å². The van der Waals surface area contributed by atoms with E-state index >= 15 is 0 Å². The molecule has 1 N–H and O–H groups in total. The molecule has 19 heavy (non-hydrogen) atoms. The minimum absolute atomic E-state index is 0.322. The van der Waals surface area contributed by atoms with Gasteiger partial charge in [0.15, 0.2) is 0 Å². The second-order valence-corrected chi connectivity index (χ2v) is 5.17. The zero-order valence-electron chi connectivity index (χ0n) is 11.1. The number of benzene rings is 2. The highest BCUT2D eigenvalue weighted by atomic mass is 32.2. The van der Waals surface area contributed by atoms with Crippen LogP contribution in [0.4, 0.5) is 5.69 Å². The van der Waals surface area contributed by atoms with Gasteiger partial charge in [-0.05, 0) is 42.5 Å². The fourth-order valence-corrected chi connectivity index (χ4v) is 2.29. The van der Waals surface area contributed by atoms with Crippen molar-refractivity contribution in [1.82, 2.24) is 0 Å². The summed E-state index contributed by atoms with van der Waals surface area (Å²) in [6.07, 6.45) is 2.04. The summed E-state index contributed by atoms with van der Waals surface area (Å²) in [5, 5.41) is 12.6. The lowest BCUT2D eigenvalue weighted by atomic mass is 10.1. The minimum atomic E-state index is -0.322. The van der Waals surface area contributed by atoms with Crippen LogP contribution < -0.4 is 5.32 Å². The van der Waals surface area contributed by atoms with E-state index in [4.69, 9.17) is 0 Å². The molecule has 2 nitrogen and oxygen atoms in total. The summed E-state index contributed by atoms with van der Waals surface area (Å²) in [7, 11) is 0. The molecule has 1 unspecified atom stereocenters. The van der Waals surface area contributed by atoms with E-state index in [9.17, 15) is 5.26 Å². The van der Waals surface area contributed by atoms with Gasteiger partial charge in [0.25, 0.3) is 0 Å². The highest BCUT2D eigenvalue weighted by molar-refractivity contribution is 7.98. The number of rotatable bonds is 4. The van der Waals surface area contributed by atoms with Crippen molar-refractivity contribution in [2.75, 3.05) is 11.6 Å². The summed E-state index contributed by atoms with van der Waals surface area (Å²) >= 11 is 1.70. The van der Waals surface area contributed by atoms with Crippen LogP contribution >= 0.6 is 11.8 Å². The molecule has 0 aliphatic rings. The lowest BCUT2D eigenvalue weighted by Crippen LogP contribution is -2.09. The van der Waals surface area contributed by atoms with Crippen LogP contribution in [-0.2, 0) is 0 Å². The molecule has 0 fully saturated rings. The molecule has 0 saturated heterocycles. The van der Waals surface area contributed by atoms with Crippen molar-refractivity contribution in [3.63, 3.8) is 0 Å². The summed E-state index contributed by atoms with van der Waals surface area (Å²) < 4.78 is 0. The maximum atomic E-state index is 9.34. The van der Waals surface area contributed by atoms with E-state index in [-0.39, 0.29) is 6.04 Å². The van der Waals surface area contributed by atoms with Crippen LogP contribution in [0.5, 0.6) is 0 Å². The van der Waals surface area contributed by atoms with E-state index < -0.39 is 0 Å². The predicted molar refractivity (Wildman–Crippen MR) is 81.4 cm³/mol. The van der Waals surface area contributed by atoms with E-state index in [0.29, 0.717) is 0 Å². The number of aryl methyl sites for hydroxylation is 1. The zero-order valence-corrected chi connectivity index (χ0v) is 11.9. The van der Waals surface area contributed by atoms with Gasteiger partial charge >= 0.3 is 0 Å². The van der Waals surface area contributed by atoms with Crippen molar-refractivity contribution >= 4 is 17.4 Å². The van der Waals surface area contributed by atoms with Gasteiger partial charge in [-0.3, -0.25) is 0 Å². The number of thioether (sulfide) groups is 1. The Labute approximate surface area is 118 Å². The van der Waals surface area contributed by atoms with E-state index in [1.165, 1.54) is 4.90 Å². The lowest BCUT2D eigenvalue weighted by Gasteiger charge is -2.15. The zero-order chi connectivity index (χ0) is 13.7. The Balaban J connectivity index is 2.21. The molecule has 3 heteroatoms. The number of nitrogens with zero attached hydrogens (tertiary/aromatic N) is 1. The third-order valence-electron chi connectivity index (χ3n) is 3.02. The second-order valence-electron chi connectivity index (χ2n) is 4.29. The summed E-state index contributed by atoms with van der Waals surface area (Å²) in [5.41, 5.74) is 3.13. The molecule has 0 amide bonds. The Bertz CT molecular complexity index is 584. The van der Waals surface area contributed by atoms with Gasteiger partial charge in [0.2, 0.25) is 0 Å². The molecule has 0 bridgehead atoms. The number of anilines is 1. The van der Waals surface area contributed by atoms with E-state index in [2.05, 4.69) is 11.4 Å². The quantitative estimate of drug-likeness (QED) is 0.835. The number of nitrogens with one attached hydrogen (secondary N) is 1. The molecular weight excluding hydrogens is 252 g/mol. The van der Waals surface area contributed by atoms with E-state index in [1.54, 1.807) is 11.8 Å². The van der Waals surface area contributed by atoms with Gasteiger partial charge in [-0.15, -0.1) is 11.8 Å². The highest BCUT2D eigenvalue weighted by Crippen LogP contribution is 2.23. The Kier molecular flexibility index (Phi) is 4.48. The number of para-hydroxylation sites is 1. The van der Waals surface area contributed by atoms with Gasteiger partial charge in [0.1, 0.15) is 6.04 Å². The standard InChI is InChI=1S/C16H16N2S/c1-12-5-3-4-6-15(12)18-16(11-17)13-7-9-14(19-2)10-8-13/h3-10,16,18H,1-2H3. The van der Waals surface area contributed by atoms with Crippen LogP contribution in [0, 0.1) is 18.3 Å². The maximum absolute atomic E-state index is 9.34. The Morgan fingerprint density at radius 3 is 2.37 bits per heavy atom. The molecule has 0 aromatic heterocycles. The Morgan fingerprint density at radius 1 is 1.11 bits per heavy atom. The van der Waals surface area contributed by atoms with Gasteiger partial charge in [0.05, 0.1) is 6.07 Å². The highest BCUT2D eigenvalue weighted by Gasteiger charge is 2.10. The molecule has 96 valence electrons. The van der Waals surface area contributed by atoms with Gasteiger partial charge in [-0.25, -0.2) is 0 Å². The fourth-order valence-electron chi connectivity index (χ4n) is 1.88. The van der Waals surface area contributed by atoms with Gasteiger partial charge < -0.3 is 5.32 Å². The van der Waals surface area contributed by atoms with Crippen LogP contribution in [0.1, 0.15) is 17.2 Å². The normalized spacial score (nSPS) is 11.6. The van der Waals surface area contributed by atoms with E-state index in [0.717, 1.165) is 16.8 Å². The Hall–Kier alpha value is -1.92. The molecule has 0 radical (unpaired) electrons. The first-order valence-corrected chi connectivity index (χ1v) is 7.33. The van der Waals surface area contributed by atoms with E-state index in [1.807, 2.05) is 61.7 Å². The number of hydrogen-bond donors (Lipinski definition) is 1. The van der Waals surface area contributed by atoms with Gasteiger partial charge in [-0.1, -0.05) is 30.3 Å². The molecule has 2 rings (SSSR count). The number of hydrogen-bond acceptors (Lipinski definition) is 3. The van der Waals surface area contributed by atoms with Crippen molar-refractivity contribution in [1.29, 1.82) is 5.26 Å². The predicted octanol–water partition coefficient (Wildman–Crippen LogP) is 4.39. The SMILES string of the molecule is CSc1ccc(C(C#N)Nc2ccccc2C)cc1. The summed E-state index contributed by atoms with van der Waals surface area (Å²) in [4.78, 5) is 1.20. The molecule has 0 saturated carbocycles. The van der Waals surface area contributed by atoms with Crippen molar-refractivity contribution in [2.45, 2.75) is 17.9 Å². The average Bonchev–Trinajstić information content (AvgIpc) is 2.47. The van der Waals surface area contributed by atoms with Crippen molar-refractivity contribution in [3.05, 3.63) is 59.7 Å². The molecule has 0 spiro atoms. The van der Waals surface area contributed by atoms with Crippen LogP contribution in [-0.4, -0.2) is 6.26 Å². The molecular formula is C16H16N2S.